The van der Waals surface area contributed by atoms with E-state index in [9.17, 15) is 4.79 Å². The Balaban J connectivity index is 1.32. The summed E-state index contributed by atoms with van der Waals surface area (Å²) in [5, 5.41) is 0. The van der Waals surface area contributed by atoms with Crippen molar-refractivity contribution in [3.05, 3.63) is 66.9 Å². The van der Waals surface area contributed by atoms with Crippen LogP contribution >= 0.6 is 0 Å². The molecule has 5 heterocycles. The third kappa shape index (κ3) is 3.10. The highest BCUT2D eigenvalue weighted by Gasteiger charge is 2.26. The Morgan fingerprint density at radius 3 is 2.66 bits per heavy atom. The van der Waals surface area contributed by atoms with E-state index in [0.29, 0.717) is 31.9 Å². The Labute approximate surface area is 167 Å². The van der Waals surface area contributed by atoms with Crippen molar-refractivity contribution in [2.75, 3.05) is 31.1 Å². The minimum atomic E-state index is 0.0163. The maximum atomic E-state index is 13.2. The number of anilines is 1. The van der Waals surface area contributed by atoms with E-state index in [4.69, 9.17) is 0 Å². The molecule has 0 bridgehead atoms. The molecule has 146 valence electrons. The Kier molecular flexibility index (Phi) is 4.19. The number of hydrogen-bond donors (Lipinski definition) is 0. The van der Waals surface area contributed by atoms with Crippen molar-refractivity contribution >= 4 is 17.4 Å². The molecule has 1 aliphatic heterocycles. The summed E-state index contributed by atoms with van der Waals surface area (Å²) in [6.45, 7) is 4.56. The molecule has 9 heteroatoms. The van der Waals surface area contributed by atoms with E-state index >= 15 is 0 Å². The van der Waals surface area contributed by atoms with Crippen molar-refractivity contribution in [3.8, 4) is 5.82 Å². The number of rotatable bonds is 3. The van der Waals surface area contributed by atoms with Crippen molar-refractivity contribution in [1.82, 2.24) is 33.8 Å². The second-order valence-electron chi connectivity index (χ2n) is 6.96. The van der Waals surface area contributed by atoms with Crippen LogP contribution in [0.1, 0.15) is 16.2 Å². The van der Waals surface area contributed by atoms with E-state index in [0.717, 1.165) is 23.0 Å². The summed E-state index contributed by atoms with van der Waals surface area (Å²) in [6.07, 6.45) is 8.72. The normalized spacial score (nSPS) is 14.5. The molecule has 1 fully saturated rings. The van der Waals surface area contributed by atoms with Gasteiger partial charge in [-0.2, -0.15) is 0 Å². The number of aromatic nitrogens is 6. The lowest BCUT2D eigenvalue weighted by Gasteiger charge is -2.35. The van der Waals surface area contributed by atoms with Crippen LogP contribution < -0.4 is 4.90 Å². The number of piperazine rings is 1. The van der Waals surface area contributed by atoms with Crippen LogP contribution in [0.2, 0.25) is 0 Å². The molecule has 0 atom stereocenters. The van der Waals surface area contributed by atoms with Crippen molar-refractivity contribution in [1.29, 1.82) is 0 Å². The first-order chi connectivity index (χ1) is 14.2. The first-order valence-electron chi connectivity index (χ1n) is 9.49. The predicted molar refractivity (Wildman–Crippen MR) is 107 cm³/mol. The Morgan fingerprint density at radius 2 is 1.86 bits per heavy atom. The largest absolute Gasteiger partial charge is 0.353 e. The van der Waals surface area contributed by atoms with Gasteiger partial charge in [-0.25, -0.2) is 19.9 Å². The van der Waals surface area contributed by atoms with Gasteiger partial charge in [-0.1, -0.05) is 6.07 Å². The van der Waals surface area contributed by atoms with E-state index in [1.54, 1.807) is 18.9 Å². The minimum Gasteiger partial charge on any atom is -0.353 e. The molecule has 29 heavy (non-hydrogen) atoms. The molecule has 0 radical (unpaired) electrons. The second-order valence-corrected chi connectivity index (χ2v) is 6.96. The maximum Gasteiger partial charge on any atom is 0.272 e. The van der Waals surface area contributed by atoms with Crippen LogP contribution in [0.25, 0.3) is 11.5 Å². The number of pyridine rings is 1. The smallest absolute Gasteiger partial charge is 0.272 e. The van der Waals surface area contributed by atoms with Crippen LogP contribution in [0.15, 0.2) is 55.5 Å². The number of carbonyl (C=O) groups is 1. The molecule has 1 amide bonds. The minimum absolute atomic E-state index is 0.0163. The number of imidazole rings is 2. The van der Waals surface area contributed by atoms with Gasteiger partial charge < -0.3 is 9.80 Å². The van der Waals surface area contributed by atoms with E-state index in [2.05, 4.69) is 24.8 Å². The predicted octanol–water partition coefficient (Wildman–Crippen LogP) is 1.58. The zero-order valence-electron chi connectivity index (χ0n) is 16.0. The number of amides is 1. The van der Waals surface area contributed by atoms with Gasteiger partial charge in [-0.05, 0) is 19.1 Å². The van der Waals surface area contributed by atoms with Crippen molar-refractivity contribution < 1.29 is 4.79 Å². The van der Waals surface area contributed by atoms with Crippen LogP contribution in [-0.2, 0) is 0 Å². The van der Waals surface area contributed by atoms with E-state index in [-0.39, 0.29) is 5.91 Å². The highest BCUT2D eigenvalue weighted by molar-refractivity contribution is 5.94. The Bertz CT molecular complexity index is 1160. The molecule has 9 nitrogen and oxygen atoms in total. The van der Waals surface area contributed by atoms with E-state index < -0.39 is 0 Å². The second kappa shape index (κ2) is 7.01. The van der Waals surface area contributed by atoms with Crippen molar-refractivity contribution in [3.63, 3.8) is 0 Å². The zero-order valence-corrected chi connectivity index (χ0v) is 16.0. The topological polar surface area (TPSA) is 84.5 Å². The highest BCUT2D eigenvalue weighted by atomic mass is 16.2. The SMILES string of the molecule is Cc1nc2ccccn2c1C(=O)N1CCN(c2cc(-n3ccnc3)ncn2)CC1. The van der Waals surface area contributed by atoms with Gasteiger partial charge in [0.05, 0.1) is 5.69 Å². The van der Waals surface area contributed by atoms with E-state index in [1.165, 1.54) is 0 Å². The lowest BCUT2D eigenvalue weighted by atomic mass is 10.2. The molecular formula is C20H20N8O. The van der Waals surface area contributed by atoms with Gasteiger partial charge in [0.1, 0.15) is 35.6 Å². The van der Waals surface area contributed by atoms with Crippen LogP contribution in [0.4, 0.5) is 5.82 Å². The Hall–Kier alpha value is -3.75. The molecule has 1 aliphatic rings. The molecular weight excluding hydrogens is 368 g/mol. The molecule has 5 rings (SSSR count). The summed E-state index contributed by atoms with van der Waals surface area (Å²) in [6, 6.07) is 7.69. The molecule has 4 aromatic rings. The lowest BCUT2D eigenvalue weighted by Crippen LogP contribution is -2.49. The standard InChI is InChI=1S/C20H20N8O/c1-15-19(28-6-3-2-4-16(28)24-15)20(29)26-10-8-25(9-11-26)17-12-18(23-13-22-17)27-7-5-21-14-27/h2-7,12-14H,8-11H2,1H3. The summed E-state index contributed by atoms with van der Waals surface area (Å²) >= 11 is 0. The van der Waals surface area contributed by atoms with Gasteiger partial charge in [0.2, 0.25) is 0 Å². The number of fused-ring (bicyclic) bond motifs is 1. The Morgan fingerprint density at radius 1 is 1.03 bits per heavy atom. The first-order valence-corrected chi connectivity index (χ1v) is 9.49. The fraction of sp³-hybridized carbons (Fsp3) is 0.250. The quantitative estimate of drug-likeness (QED) is 0.530. The van der Waals surface area contributed by atoms with E-state index in [1.807, 2.05) is 57.5 Å². The molecule has 0 saturated carbocycles. The van der Waals surface area contributed by atoms with Gasteiger partial charge >= 0.3 is 0 Å². The van der Waals surface area contributed by atoms with Gasteiger partial charge in [-0.3, -0.25) is 13.8 Å². The van der Waals surface area contributed by atoms with Gasteiger partial charge in [0.25, 0.3) is 5.91 Å². The molecule has 0 aromatic carbocycles. The van der Waals surface area contributed by atoms with Crippen molar-refractivity contribution in [2.45, 2.75) is 6.92 Å². The molecule has 0 aliphatic carbocycles. The molecule has 0 spiro atoms. The fourth-order valence-corrected chi connectivity index (χ4v) is 3.71. The zero-order chi connectivity index (χ0) is 19.8. The monoisotopic (exact) mass is 388 g/mol. The highest BCUT2D eigenvalue weighted by Crippen LogP contribution is 2.19. The maximum absolute atomic E-state index is 13.2. The van der Waals surface area contributed by atoms with Crippen LogP contribution in [0.3, 0.4) is 0 Å². The molecule has 4 aromatic heterocycles. The van der Waals surface area contributed by atoms with Crippen LogP contribution in [0.5, 0.6) is 0 Å². The molecule has 1 saturated heterocycles. The number of carbonyl (C=O) groups excluding carboxylic acids is 1. The average Bonchev–Trinajstić information content (AvgIpc) is 3.41. The summed E-state index contributed by atoms with van der Waals surface area (Å²) in [5.41, 5.74) is 2.18. The van der Waals surface area contributed by atoms with Gasteiger partial charge in [0, 0.05) is 50.8 Å². The number of hydrogen-bond acceptors (Lipinski definition) is 6. The number of nitrogens with zero attached hydrogens (tertiary/aromatic N) is 8. The third-order valence-corrected chi connectivity index (χ3v) is 5.20. The van der Waals surface area contributed by atoms with Crippen LogP contribution in [-0.4, -0.2) is 65.9 Å². The molecule has 0 unspecified atom stereocenters. The van der Waals surface area contributed by atoms with Gasteiger partial charge in [-0.15, -0.1) is 0 Å². The summed E-state index contributed by atoms with van der Waals surface area (Å²) in [5.74, 6) is 1.64. The van der Waals surface area contributed by atoms with Crippen LogP contribution in [0, 0.1) is 6.92 Å². The lowest BCUT2D eigenvalue weighted by molar-refractivity contribution is 0.0738. The third-order valence-electron chi connectivity index (χ3n) is 5.20. The van der Waals surface area contributed by atoms with Gasteiger partial charge in [0.15, 0.2) is 0 Å². The average molecular weight is 388 g/mol. The number of aryl methyl sites for hydroxylation is 1. The fourth-order valence-electron chi connectivity index (χ4n) is 3.71. The summed E-state index contributed by atoms with van der Waals surface area (Å²) in [4.78, 5) is 34.5. The van der Waals surface area contributed by atoms with Crippen molar-refractivity contribution in [2.24, 2.45) is 0 Å². The summed E-state index contributed by atoms with van der Waals surface area (Å²) in [7, 11) is 0. The first kappa shape index (κ1) is 17.4. The summed E-state index contributed by atoms with van der Waals surface area (Å²) < 4.78 is 3.71. The molecule has 0 N–H and O–H groups in total.